The molecule has 0 unspecified atom stereocenters. The van der Waals surface area contributed by atoms with Gasteiger partial charge in [-0.3, -0.25) is 9.32 Å². The molecule has 4 atom stereocenters. The molecule has 1 aliphatic carbocycles. The van der Waals surface area contributed by atoms with Crippen LogP contribution in [0.3, 0.4) is 0 Å². The Morgan fingerprint density at radius 3 is 2.75 bits per heavy atom. The normalized spacial score (nSPS) is 21.8. The SMILES string of the molecule is C[C@H](N[P@@](=O)(OC[C@@H]1C=C[C@H](n2cnc3c(N4CCC4)nc(N)nc32)C1)Oc1ccccc1)C(=O)O. The van der Waals surface area contributed by atoms with Gasteiger partial charge in [-0.1, -0.05) is 30.4 Å². The predicted octanol–water partition coefficient (Wildman–Crippen LogP) is 3.00. The molecular weight excluding hydrogens is 485 g/mol. The van der Waals surface area contributed by atoms with Crippen molar-refractivity contribution in [3.05, 3.63) is 48.8 Å². The Labute approximate surface area is 207 Å². The van der Waals surface area contributed by atoms with E-state index in [0.717, 1.165) is 25.3 Å². The van der Waals surface area contributed by atoms with E-state index in [9.17, 15) is 14.5 Å². The van der Waals surface area contributed by atoms with Crippen molar-refractivity contribution in [2.75, 3.05) is 30.3 Å². The van der Waals surface area contributed by atoms with Crippen molar-refractivity contribution in [3.8, 4) is 5.75 Å². The smallest absolute Gasteiger partial charge is 0.459 e. The number of anilines is 2. The van der Waals surface area contributed by atoms with Crippen LogP contribution in [-0.2, 0) is 13.9 Å². The number of aliphatic carboxylic acids is 1. The molecule has 0 saturated carbocycles. The predicted molar refractivity (Wildman–Crippen MR) is 134 cm³/mol. The lowest BCUT2D eigenvalue weighted by atomic mass is 10.1. The second-order valence-corrected chi connectivity index (χ2v) is 10.6. The first-order chi connectivity index (χ1) is 17.3. The van der Waals surface area contributed by atoms with Crippen LogP contribution in [0.2, 0.25) is 0 Å². The zero-order valence-electron chi connectivity index (χ0n) is 19.7. The third-order valence-electron chi connectivity index (χ3n) is 6.23. The molecule has 5 rings (SSSR count). The Morgan fingerprint density at radius 2 is 2.06 bits per heavy atom. The molecule has 190 valence electrons. The van der Waals surface area contributed by atoms with Crippen LogP contribution in [0, 0.1) is 5.92 Å². The first-order valence-corrected chi connectivity index (χ1v) is 13.3. The van der Waals surface area contributed by atoms with Crippen LogP contribution in [0.25, 0.3) is 11.2 Å². The highest BCUT2D eigenvalue weighted by Gasteiger charge is 2.33. The molecule has 1 aliphatic heterocycles. The summed E-state index contributed by atoms with van der Waals surface area (Å²) in [7, 11) is -3.97. The minimum absolute atomic E-state index is 0.0533. The number of aromatic nitrogens is 4. The zero-order chi connectivity index (χ0) is 25.3. The fourth-order valence-electron chi connectivity index (χ4n) is 4.19. The maximum atomic E-state index is 13.4. The molecule has 0 amide bonds. The molecule has 36 heavy (non-hydrogen) atoms. The van der Waals surface area contributed by atoms with Crippen molar-refractivity contribution >= 4 is 36.6 Å². The summed E-state index contributed by atoms with van der Waals surface area (Å²) in [5.74, 6) is 0.0109. The maximum Gasteiger partial charge on any atom is 0.459 e. The molecule has 1 aromatic carbocycles. The van der Waals surface area contributed by atoms with Gasteiger partial charge in [0.05, 0.1) is 19.0 Å². The summed E-state index contributed by atoms with van der Waals surface area (Å²) in [6.07, 6.45) is 7.49. The largest absolute Gasteiger partial charge is 0.480 e. The van der Waals surface area contributed by atoms with Crippen LogP contribution in [-0.4, -0.2) is 56.3 Å². The Bertz CT molecular complexity index is 1330. The van der Waals surface area contributed by atoms with E-state index >= 15 is 0 Å². The van der Waals surface area contributed by atoms with Gasteiger partial charge in [-0.25, -0.2) is 9.55 Å². The molecule has 1 fully saturated rings. The number of para-hydroxylation sites is 1. The van der Waals surface area contributed by atoms with Gasteiger partial charge in [0.25, 0.3) is 0 Å². The van der Waals surface area contributed by atoms with Crippen LogP contribution in [0.15, 0.2) is 48.8 Å². The third-order valence-corrected chi connectivity index (χ3v) is 7.88. The lowest BCUT2D eigenvalue weighted by molar-refractivity contribution is -0.138. The molecule has 3 heterocycles. The Hall–Kier alpha value is -3.47. The fraction of sp³-hybridized carbons (Fsp3) is 0.391. The van der Waals surface area contributed by atoms with Crippen molar-refractivity contribution in [1.82, 2.24) is 24.6 Å². The second-order valence-electron chi connectivity index (χ2n) is 8.90. The number of imidazole rings is 1. The topological polar surface area (TPSA) is 158 Å². The van der Waals surface area contributed by atoms with Crippen molar-refractivity contribution in [3.63, 3.8) is 0 Å². The number of carboxylic acid groups (broad SMARTS) is 1. The molecule has 0 spiro atoms. The van der Waals surface area contributed by atoms with Crippen LogP contribution < -0.4 is 20.2 Å². The summed E-state index contributed by atoms with van der Waals surface area (Å²) >= 11 is 0. The van der Waals surface area contributed by atoms with Crippen molar-refractivity contribution in [2.45, 2.75) is 31.8 Å². The number of nitrogens with one attached hydrogen (secondary N) is 1. The van der Waals surface area contributed by atoms with Gasteiger partial charge >= 0.3 is 13.7 Å². The lowest BCUT2D eigenvalue weighted by Crippen LogP contribution is -2.38. The van der Waals surface area contributed by atoms with Crippen LogP contribution in [0.4, 0.5) is 11.8 Å². The van der Waals surface area contributed by atoms with Gasteiger partial charge in [0.1, 0.15) is 11.8 Å². The fourth-order valence-corrected chi connectivity index (χ4v) is 5.74. The van der Waals surface area contributed by atoms with Gasteiger partial charge in [0.2, 0.25) is 5.95 Å². The number of carbonyl (C=O) groups is 1. The van der Waals surface area contributed by atoms with E-state index in [1.807, 2.05) is 16.7 Å². The quantitative estimate of drug-likeness (QED) is 0.270. The Morgan fingerprint density at radius 1 is 1.28 bits per heavy atom. The van der Waals surface area contributed by atoms with E-state index in [1.165, 1.54) is 6.92 Å². The molecule has 2 aromatic heterocycles. The number of nitrogens with zero attached hydrogens (tertiary/aromatic N) is 5. The Balaban J connectivity index is 1.28. The lowest BCUT2D eigenvalue weighted by Gasteiger charge is -2.32. The van der Waals surface area contributed by atoms with Crippen LogP contribution in [0.1, 0.15) is 25.8 Å². The number of nitrogen functional groups attached to an aromatic ring is 1. The highest BCUT2D eigenvalue weighted by molar-refractivity contribution is 7.52. The van der Waals surface area contributed by atoms with Crippen molar-refractivity contribution < 1.29 is 23.5 Å². The molecule has 1 saturated heterocycles. The van der Waals surface area contributed by atoms with Gasteiger partial charge in [0.15, 0.2) is 17.0 Å². The summed E-state index contributed by atoms with van der Waals surface area (Å²) in [5, 5.41) is 11.8. The molecule has 0 radical (unpaired) electrons. The number of hydrogen-bond acceptors (Lipinski definition) is 9. The van der Waals surface area contributed by atoms with Gasteiger partial charge < -0.3 is 24.8 Å². The summed E-state index contributed by atoms with van der Waals surface area (Å²) in [6.45, 7) is 3.28. The minimum Gasteiger partial charge on any atom is -0.480 e. The molecule has 3 aromatic rings. The van der Waals surface area contributed by atoms with E-state index < -0.39 is 19.8 Å². The van der Waals surface area contributed by atoms with E-state index in [1.54, 1.807) is 36.7 Å². The highest BCUT2D eigenvalue weighted by Crippen LogP contribution is 2.46. The van der Waals surface area contributed by atoms with Gasteiger partial charge in [-0.2, -0.15) is 15.1 Å². The maximum absolute atomic E-state index is 13.4. The monoisotopic (exact) mass is 513 g/mol. The van der Waals surface area contributed by atoms with Crippen molar-refractivity contribution in [1.29, 1.82) is 0 Å². The van der Waals surface area contributed by atoms with Crippen molar-refractivity contribution in [2.24, 2.45) is 5.92 Å². The van der Waals surface area contributed by atoms with Gasteiger partial charge in [0, 0.05) is 19.0 Å². The van der Waals surface area contributed by atoms with E-state index in [0.29, 0.717) is 23.3 Å². The first-order valence-electron chi connectivity index (χ1n) is 11.7. The molecular formula is C23H28N7O5P. The van der Waals surface area contributed by atoms with Crippen LogP contribution in [0.5, 0.6) is 5.75 Å². The number of carboxylic acids is 1. The molecule has 12 nitrogen and oxygen atoms in total. The number of allylic oxidation sites excluding steroid dienone is 1. The second kappa shape index (κ2) is 9.88. The van der Waals surface area contributed by atoms with Gasteiger partial charge in [-0.05, 0) is 31.9 Å². The minimum atomic E-state index is -3.97. The van der Waals surface area contributed by atoms with E-state index in [-0.39, 0.29) is 24.5 Å². The van der Waals surface area contributed by atoms with E-state index in [2.05, 4.69) is 24.9 Å². The average Bonchev–Trinajstić information content (AvgIpc) is 3.44. The number of fused-ring (bicyclic) bond motifs is 1. The average molecular weight is 513 g/mol. The number of hydrogen-bond donors (Lipinski definition) is 3. The first kappa shape index (κ1) is 24.2. The Kier molecular flexibility index (Phi) is 6.65. The zero-order valence-corrected chi connectivity index (χ0v) is 20.6. The molecule has 13 heteroatoms. The highest BCUT2D eigenvalue weighted by atomic mass is 31.2. The molecule has 4 N–H and O–H groups in total. The molecule has 2 aliphatic rings. The summed E-state index contributed by atoms with van der Waals surface area (Å²) < 4.78 is 26.7. The summed E-state index contributed by atoms with van der Waals surface area (Å²) in [6, 6.07) is 7.31. The van der Waals surface area contributed by atoms with Crippen LogP contribution >= 0.6 is 7.75 Å². The number of benzene rings is 1. The third kappa shape index (κ3) is 5.06. The number of nitrogens with two attached hydrogens (primary N) is 1. The van der Waals surface area contributed by atoms with Gasteiger partial charge in [-0.15, -0.1) is 0 Å². The van der Waals surface area contributed by atoms with E-state index in [4.69, 9.17) is 14.8 Å². The summed E-state index contributed by atoms with van der Waals surface area (Å²) in [4.78, 5) is 26.9. The summed E-state index contributed by atoms with van der Waals surface area (Å²) in [5.41, 5.74) is 7.37. The standard InChI is InChI=1S/C23H28N7O5P/c1-15(22(31)32)28-36(33,35-18-6-3-2-4-7-18)34-13-16-8-9-17(12-16)30-14-25-19-20(29-10-5-11-29)26-23(24)27-21(19)30/h2-4,6-9,14-17H,5,10-13H2,1H3,(H,28,33)(H,31,32)(H2,24,26,27)/t15-,16+,17-,36+/m0/s1. The molecule has 0 bridgehead atoms. The number of rotatable bonds is 10.